The number of hydrogen-bond donors (Lipinski definition) is 1. The molecule has 156 valence electrons. The van der Waals surface area contributed by atoms with Crippen LogP contribution in [0, 0.1) is 0 Å². The number of nitrogens with zero attached hydrogens (tertiary/aromatic N) is 2. The third-order valence-corrected chi connectivity index (χ3v) is 6.31. The molecular weight excluding hydrogens is 442 g/mol. The molecule has 6 heteroatoms. The lowest BCUT2D eigenvalue weighted by Crippen LogP contribution is -2.44. The molecule has 5 nitrogen and oxygen atoms in total. The molecule has 0 radical (unpaired) electrons. The molecule has 4 rings (SSSR count). The van der Waals surface area contributed by atoms with E-state index in [1.54, 1.807) is 7.11 Å². The Labute approximate surface area is 185 Å². The van der Waals surface area contributed by atoms with Gasteiger partial charge in [-0.2, -0.15) is 0 Å². The second kappa shape index (κ2) is 9.06. The van der Waals surface area contributed by atoms with Crippen molar-refractivity contribution < 1.29 is 9.53 Å². The summed E-state index contributed by atoms with van der Waals surface area (Å²) in [7, 11) is 3.82. The van der Waals surface area contributed by atoms with Crippen molar-refractivity contribution >= 4 is 44.0 Å². The fourth-order valence-corrected chi connectivity index (χ4v) is 4.43. The summed E-state index contributed by atoms with van der Waals surface area (Å²) < 4.78 is 6.60. The van der Waals surface area contributed by atoms with Crippen LogP contribution in [0.2, 0.25) is 0 Å². The molecule has 3 aromatic carbocycles. The molecular formula is C24H26BrN3O2. The van der Waals surface area contributed by atoms with Gasteiger partial charge in [0.15, 0.2) is 0 Å². The first kappa shape index (κ1) is 20.7. The Kier molecular flexibility index (Phi) is 6.25. The maximum Gasteiger partial charge on any atom is 0.228 e. The van der Waals surface area contributed by atoms with Crippen LogP contribution in [0.3, 0.4) is 0 Å². The molecule has 0 spiro atoms. The lowest BCUT2D eigenvalue weighted by Gasteiger charge is -2.35. The highest BCUT2D eigenvalue weighted by atomic mass is 79.9. The van der Waals surface area contributed by atoms with E-state index in [0.29, 0.717) is 6.42 Å². The van der Waals surface area contributed by atoms with Gasteiger partial charge in [0.1, 0.15) is 5.75 Å². The van der Waals surface area contributed by atoms with E-state index >= 15 is 0 Å². The summed E-state index contributed by atoms with van der Waals surface area (Å²) in [5, 5.41) is 5.27. The molecule has 0 unspecified atom stereocenters. The number of rotatable bonds is 5. The Morgan fingerprint density at radius 2 is 1.77 bits per heavy atom. The van der Waals surface area contributed by atoms with E-state index < -0.39 is 0 Å². The van der Waals surface area contributed by atoms with Crippen LogP contribution >= 0.6 is 15.9 Å². The van der Waals surface area contributed by atoms with E-state index in [9.17, 15) is 4.79 Å². The fraction of sp³-hybridized carbons (Fsp3) is 0.292. The van der Waals surface area contributed by atoms with Crippen LogP contribution < -0.4 is 15.0 Å². The highest BCUT2D eigenvalue weighted by Crippen LogP contribution is 2.32. The maximum absolute atomic E-state index is 12.8. The number of carbonyl (C=O) groups excluding carboxylic acids is 1. The van der Waals surface area contributed by atoms with Crippen LogP contribution in [0.1, 0.15) is 5.56 Å². The number of nitrogens with one attached hydrogen (secondary N) is 1. The first-order valence-corrected chi connectivity index (χ1v) is 10.9. The molecule has 1 saturated heterocycles. The van der Waals surface area contributed by atoms with Crippen molar-refractivity contribution in [1.29, 1.82) is 0 Å². The van der Waals surface area contributed by atoms with Gasteiger partial charge in [0, 0.05) is 36.3 Å². The first-order valence-electron chi connectivity index (χ1n) is 10.1. The van der Waals surface area contributed by atoms with Crippen LogP contribution in [-0.2, 0) is 11.2 Å². The monoisotopic (exact) mass is 467 g/mol. The molecule has 1 heterocycles. The van der Waals surface area contributed by atoms with Gasteiger partial charge >= 0.3 is 0 Å². The molecule has 30 heavy (non-hydrogen) atoms. The number of fused-ring (bicyclic) bond motifs is 1. The summed E-state index contributed by atoms with van der Waals surface area (Å²) >= 11 is 3.59. The number of carbonyl (C=O) groups is 1. The van der Waals surface area contributed by atoms with E-state index in [4.69, 9.17) is 4.74 Å². The van der Waals surface area contributed by atoms with E-state index in [1.165, 1.54) is 0 Å². The van der Waals surface area contributed by atoms with Crippen LogP contribution in [-0.4, -0.2) is 51.1 Å². The maximum atomic E-state index is 12.8. The van der Waals surface area contributed by atoms with Crippen LogP contribution in [0.4, 0.5) is 11.4 Å². The standard InChI is InChI=1S/C24H26BrN3O2/c1-27-11-13-28(14-12-27)22-16-18(9-10-23(22)30-2)26-24(29)15-17-5-3-7-20-19(17)6-4-8-21(20)25/h3-10,16H,11-15H2,1-2H3,(H,26,29). The lowest BCUT2D eigenvalue weighted by atomic mass is 10.0. The first-order chi connectivity index (χ1) is 14.5. The fourth-order valence-electron chi connectivity index (χ4n) is 3.93. The minimum Gasteiger partial charge on any atom is -0.495 e. The van der Waals surface area contributed by atoms with Crippen molar-refractivity contribution in [3.05, 3.63) is 64.6 Å². The van der Waals surface area contributed by atoms with Crippen molar-refractivity contribution in [2.45, 2.75) is 6.42 Å². The Morgan fingerprint density at radius 3 is 2.53 bits per heavy atom. The van der Waals surface area contributed by atoms with Gasteiger partial charge in [-0.1, -0.05) is 46.3 Å². The molecule has 1 aliphatic rings. The second-order valence-corrected chi connectivity index (χ2v) is 8.51. The molecule has 0 atom stereocenters. The quantitative estimate of drug-likeness (QED) is 0.597. The van der Waals surface area contributed by atoms with Crippen LogP contribution in [0.25, 0.3) is 10.8 Å². The summed E-state index contributed by atoms with van der Waals surface area (Å²) in [6, 6.07) is 18.0. The number of hydrogen-bond acceptors (Lipinski definition) is 4. The third kappa shape index (κ3) is 4.45. The number of amides is 1. The predicted octanol–water partition coefficient (Wildman–Crippen LogP) is 4.54. The Morgan fingerprint density at radius 1 is 1.03 bits per heavy atom. The number of halogens is 1. The van der Waals surface area contributed by atoms with E-state index in [0.717, 1.165) is 64.1 Å². The average Bonchev–Trinajstić information content (AvgIpc) is 2.75. The zero-order valence-corrected chi connectivity index (χ0v) is 18.9. The summed E-state index contributed by atoms with van der Waals surface area (Å²) in [4.78, 5) is 17.5. The zero-order valence-electron chi connectivity index (χ0n) is 17.3. The predicted molar refractivity (Wildman–Crippen MR) is 127 cm³/mol. The van der Waals surface area contributed by atoms with Crippen molar-refractivity contribution in [3.8, 4) is 5.75 Å². The topological polar surface area (TPSA) is 44.8 Å². The molecule has 0 bridgehead atoms. The zero-order chi connectivity index (χ0) is 21.1. The molecule has 1 aliphatic heterocycles. The third-order valence-electron chi connectivity index (χ3n) is 5.62. The molecule has 0 aromatic heterocycles. The van der Waals surface area contributed by atoms with Gasteiger partial charge in [-0.05, 0) is 47.6 Å². The van der Waals surface area contributed by atoms with E-state index in [2.05, 4.69) is 50.2 Å². The summed E-state index contributed by atoms with van der Waals surface area (Å²) in [6.07, 6.45) is 0.323. The largest absolute Gasteiger partial charge is 0.495 e. The Balaban J connectivity index is 1.52. The van der Waals surface area contributed by atoms with Crippen molar-refractivity contribution in [2.75, 3.05) is 50.6 Å². The van der Waals surface area contributed by atoms with Gasteiger partial charge < -0.3 is 19.9 Å². The minimum absolute atomic E-state index is 0.0306. The SMILES string of the molecule is COc1ccc(NC(=O)Cc2cccc3c(Br)cccc23)cc1N1CCN(C)CC1. The average molecular weight is 468 g/mol. The number of benzene rings is 3. The number of anilines is 2. The Bertz CT molecular complexity index is 1060. The minimum atomic E-state index is -0.0306. The van der Waals surface area contributed by atoms with Crippen molar-refractivity contribution in [2.24, 2.45) is 0 Å². The normalized spacial score (nSPS) is 14.7. The van der Waals surface area contributed by atoms with E-state index in [1.807, 2.05) is 42.5 Å². The van der Waals surface area contributed by atoms with Gasteiger partial charge in [0.2, 0.25) is 5.91 Å². The molecule has 1 amide bonds. The summed E-state index contributed by atoms with van der Waals surface area (Å²) in [6.45, 7) is 3.90. The second-order valence-electron chi connectivity index (χ2n) is 7.65. The number of methoxy groups -OCH3 is 1. The molecule has 1 N–H and O–H groups in total. The molecule has 0 aliphatic carbocycles. The van der Waals surface area contributed by atoms with Crippen molar-refractivity contribution in [3.63, 3.8) is 0 Å². The number of piperazine rings is 1. The Hall–Kier alpha value is -2.57. The number of likely N-dealkylation sites (N-methyl/N-ethyl adjacent to an activating group) is 1. The van der Waals surface area contributed by atoms with Crippen molar-refractivity contribution in [1.82, 2.24) is 4.90 Å². The van der Waals surface area contributed by atoms with Gasteiger partial charge in [0.25, 0.3) is 0 Å². The van der Waals surface area contributed by atoms with Crippen LogP contribution in [0.15, 0.2) is 59.1 Å². The summed E-state index contributed by atoms with van der Waals surface area (Å²) in [5.41, 5.74) is 2.83. The smallest absolute Gasteiger partial charge is 0.228 e. The van der Waals surface area contributed by atoms with Crippen LogP contribution in [0.5, 0.6) is 5.75 Å². The van der Waals surface area contributed by atoms with E-state index in [-0.39, 0.29) is 5.91 Å². The van der Waals surface area contributed by atoms with Gasteiger partial charge in [0.05, 0.1) is 19.2 Å². The lowest BCUT2D eigenvalue weighted by molar-refractivity contribution is -0.115. The van der Waals surface area contributed by atoms with Gasteiger partial charge in [-0.15, -0.1) is 0 Å². The molecule has 1 fully saturated rings. The highest BCUT2D eigenvalue weighted by molar-refractivity contribution is 9.10. The highest BCUT2D eigenvalue weighted by Gasteiger charge is 2.18. The number of ether oxygens (including phenoxy) is 1. The molecule has 3 aromatic rings. The van der Waals surface area contributed by atoms with Gasteiger partial charge in [-0.3, -0.25) is 4.79 Å². The summed E-state index contributed by atoms with van der Waals surface area (Å²) in [5.74, 6) is 0.799. The molecule has 0 saturated carbocycles. The van der Waals surface area contributed by atoms with Gasteiger partial charge in [-0.25, -0.2) is 0 Å².